The molecule has 5 heteroatoms. The van der Waals surface area contributed by atoms with E-state index in [4.69, 9.17) is 5.73 Å². The van der Waals surface area contributed by atoms with Gasteiger partial charge >= 0.3 is 0 Å². The van der Waals surface area contributed by atoms with Crippen LogP contribution < -0.4 is 11.1 Å². The molecule has 3 rings (SSSR count). The Labute approximate surface area is 141 Å². The lowest BCUT2D eigenvalue weighted by Crippen LogP contribution is -2.29. The van der Waals surface area contributed by atoms with E-state index in [1.807, 2.05) is 29.2 Å². The van der Waals surface area contributed by atoms with E-state index >= 15 is 0 Å². The molecule has 0 spiro atoms. The Balaban J connectivity index is 1.63. The molecule has 0 radical (unpaired) electrons. The van der Waals surface area contributed by atoms with Crippen molar-refractivity contribution in [3.8, 4) is 0 Å². The molecule has 1 atom stereocenters. The number of hydrogen-bond acceptors (Lipinski definition) is 3. The number of benzene rings is 2. The van der Waals surface area contributed by atoms with Crippen molar-refractivity contribution in [1.29, 1.82) is 0 Å². The van der Waals surface area contributed by atoms with E-state index in [9.17, 15) is 9.18 Å². The second-order valence-corrected chi connectivity index (χ2v) is 6.20. The lowest BCUT2D eigenvalue weighted by atomic mass is 10.1. The molecule has 24 heavy (non-hydrogen) atoms. The Morgan fingerprint density at radius 1 is 1.25 bits per heavy atom. The smallest absolute Gasteiger partial charge is 0.253 e. The van der Waals surface area contributed by atoms with E-state index in [2.05, 4.69) is 5.32 Å². The van der Waals surface area contributed by atoms with Crippen LogP contribution in [-0.4, -0.2) is 30.4 Å². The van der Waals surface area contributed by atoms with Gasteiger partial charge in [-0.15, -0.1) is 0 Å². The lowest BCUT2D eigenvalue weighted by molar-refractivity contribution is 0.0787. The number of halogens is 1. The molecule has 1 fully saturated rings. The van der Waals surface area contributed by atoms with Gasteiger partial charge < -0.3 is 16.0 Å². The number of likely N-dealkylation sites (tertiary alicyclic amines) is 1. The average Bonchev–Trinajstić information content (AvgIpc) is 3.10. The van der Waals surface area contributed by atoms with Gasteiger partial charge in [-0.3, -0.25) is 4.79 Å². The van der Waals surface area contributed by atoms with Crippen LogP contribution >= 0.6 is 0 Å². The van der Waals surface area contributed by atoms with Crippen LogP contribution in [0.2, 0.25) is 0 Å². The third-order valence-electron chi connectivity index (χ3n) is 4.43. The number of amides is 1. The fourth-order valence-corrected chi connectivity index (χ4v) is 2.96. The standard InChI is InChI=1S/C19H22FN3O/c20-17-6-4-14(5-7-17)12-22-18-3-1-2-16(10-18)19(24)23-9-8-15(11-21)13-23/h1-7,10,15,22H,8-9,11-13,21H2/t15-/m1/s1. The first-order valence-corrected chi connectivity index (χ1v) is 8.23. The van der Waals surface area contributed by atoms with Gasteiger partial charge in [0, 0.05) is 30.9 Å². The summed E-state index contributed by atoms with van der Waals surface area (Å²) in [6.45, 7) is 2.72. The molecule has 1 aliphatic rings. The van der Waals surface area contributed by atoms with Gasteiger partial charge in [0.05, 0.1) is 0 Å². The largest absolute Gasteiger partial charge is 0.381 e. The Morgan fingerprint density at radius 3 is 2.75 bits per heavy atom. The molecule has 4 nitrogen and oxygen atoms in total. The third kappa shape index (κ3) is 3.92. The van der Waals surface area contributed by atoms with Gasteiger partial charge in [0.2, 0.25) is 0 Å². The second-order valence-electron chi connectivity index (χ2n) is 6.20. The zero-order chi connectivity index (χ0) is 16.9. The summed E-state index contributed by atoms with van der Waals surface area (Å²) < 4.78 is 12.9. The van der Waals surface area contributed by atoms with Gasteiger partial charge in [-0.25, -0.2) is 4.39 Å². The molecule has 2 aromatic carbocycles. The molecule has 1 aliphatic heterocycles. The van der Waals surface area contributed by atoms with E-state index in [0.29, 0.717) is 24.6 Å². The van der Waals surface area contributed by atoms with Crippen molar-refractivity contribution in [3.63, 3.8) is 0 Å². The lowest BCUT2D eigenvalue weighted by Gasteiger charge is -2.17. The first kappa shape index (κ1) is 16.5. The third-order valence-corrected chi connectivity index (χ3v) is 4.43. The van der Waals surface area contributed by atoms with Crippen LogP contribution in [0, 0.1) is 11.7 Å². The van der Waals surface area contributed by atoms with Gasteiger partial charge in [0.1, 0.15) is 5.82 Å². The van der Waals surface area contributed by atoms with Crippen LogP contribution in [-0.2, 0) is 6.54 Å². The summed E-state index contributed by atoms with van der Waals surface area (Å²) in [6.07, 6.45) is 0.977. The Morgan fingerprint density at radius 2 is 2.04 bits per heavy atom. The molecule has 3 N–H and O–H groups in total. The van der Waals surface area contributed by atoms with Crippen LogP contribution in [0.1, 0.15) is 22.3 Å². The fourth-order valence-electron chi connectivity index (χ4n) is 2.96. The molecule has 1 heterocycles. The molecule has 0 aliphatic carbocycles. The van der Waals surface area contributed by atoms with Crippen molar-refractivity contribution in [1.82, 2.24) is 4.90 Å². The van der Waals surface area contributed by atoms with Crippen molar-refractivity contribution in [3.05, 3.63) is 65.5 Å². The summed E-state index contributed by atoms with van der Waals surface area (Å²) >= 11 is 0. The number of hydrogen-bond donors (Lipinski definition) is 2. The molecular weight excluding hydrogens is 305 g/mol. The summed E-state index contributed by atoms with van der Waals surface area (Å²) in [4.78, 5) is 14.5. The molecule has 2 aromatic rings. The highest BCUT2D eigenvalue weighted by Gasteiger charge is 2.25. The van der Waals surface area contributed by atoms with Crippen molar-refractivity contribution >= 4 is 11.6 Å². The molecule has 1 saturated heterocycles. The monoisotopic (exact) mass is 327 g/mol. The molecule has 126 valence electrons. The second kappa shape index (κ2) is 7.45. The maximum absolute atomic E-state index is 12.9. The first-order valence-electron chi connectivity index (χ1n) is 8.23. The van der Waals surface area contributed by atoms with E-state index in [0.717, 1.165) is 30.8 Å². The summed E-state index contributed by atoms with van der Waals surface area (Å²) in [5.41, 5.74) is 8.23. The summed E-state index contributed by atoms with van der Waals surface area (Å²) in [6, 6.07) is 13.9. The summed E-state index contributed by atoms with van der Waals surface area (Å²) in [7, 11) is 0. The van der Waals surface area contributed by atoms with Gasteiger partial charge in [0.25, 0.3) is 5.91 Å². The zero-order valence-corrected chi connectivity index (χ0v) is 13.5. The Kier molecular flexibility index (Phi) is 5.11. The van der Waals surface area contributed by atoms with Crippen molar-refractivity contribution in [2.45, 2.75) is 13.0 Å². The summed E-state index contributed by atoms with van der Waals surface area (Å²) in [5.74, 6) is 0.220. The normalized spacial score (nSPS) is 17.1. The topological polar surface area (TPSA) is 58.4 Å². The van der Waals surface area contributed by atoms with E-state index < -0.39 is 0 Å². The van der Waals surface area contributed by atoms with E-state index in [1.54, 1.807) is 12.1 Å². The average molecular weight is 327 g/mol. The first-order chi connectivity index (χ1) is 11.7. The highest BCUT2D eigenvalue weighted by molar-refractivity contribution is 5.95. The van der Waals surface area contributed by atoms with E-state index in [1.165, 1.54) is 12.1 Å². The van der Waals surface area contributed by atoms with Crippen LogP contribution in [0.4, 0.5) is 10.1 Å². The number of carbonyl (C=O) groups excluding carboxylic acids is 1. The van der Waals surface area contributed by atoms with Crippen LogP contribution in [0.3, 0.4) is 0 Å². The number of carbonyl (C=O) groups is 1. The van der Waals surface area contributed by atoms with Gasteiger partial charge in [-0.05, 0) is 54.8 Å². The molecule has 0 unspecified atom stereocenters. The molecule has 0 bridgehead atoms. The Hall–Kier alpha value is -2.40. The predicted molar refractivity (Wildman–Crippen MR) is 93.2 cm³/mol. The SMILES string of the molecule is NC[C@H]1CCN(C(=O)c2cccc(NCc3ccc(F)cc3)c2)C1. The minimum absolute atomic E-state index is 0.0522. The van der Waals surface area contributed by atoms with Crippen LogP contribution in [0.5, 0.6) is 0 Å². The van der Waals surface area contributed by atoms with Crippen molar-refractivity contribution in [2.75, 3.05) is 25.0 Å². The number of nitrogens with zero attached hydrogens (tertiary/aromatic N) is 1. The number of rotatable bonds is 5. The zero-order valence-electron chi connectivity index (χ0n) is 13.5. The fraction of sp³-hybridized carbons (Fsp3) is 0.316. The van der Waals surface area contributed by atoms with Gasteiger partial charge in [-0.2, -0.15) is 0 Å². The molecule has 0 aromatic heterocycles. The number of nitrogens with one attached hydrogen (secondary N) is 1. The maximum atomic E-state index is 12.9. The number of nitrogens with two attached hydrogens (primary N) is 1. The van der Waals surface area contributed by atoms with Crippen LogP contribution in [0.25, 0.3) is 0 Å². The molecule has 0 saturated carbocycles. The minimum Gasteiger partial charge on any atom is -0.381 e. The quantitative estimate of drug-likeness (QED) is 0.888. The van der Waals surface area contributed by atoms with Crippen molar-refractivity contribution in [2.24, 2.45) is 11.7 Å². The molecular formula is C19H22FN3O. The number of anilines is 1. The van der Waals surface area contributed by atoms with Crippen LogP contribution in [0.15, 0.2) is 48.5 Å². The van der Waals surface area contributed by atoms with Gasteiger partial charge in [-0.1, -0.05) is 18.2 Å². The van der Waals surface area contributed by atoms with Gasteiger partial charge in [0.15, 0.2) is 0 Å². The highest BCUT2D eigenvalue weighted by atomic mass is 19.1. The Bertz CT molecular complexity index is 702. The summed E-state index contributed by atoms with van der Waals surface area (Å²) in [5, 5.41) is 3.27. The molecule has 1 amide bonds. The van der Waals surface area contributed by atoms with E-state index in [-0.39, 0.29) is 11.7 Å². The predicted octanol–water partition coefficient (Wildman–Crippen LogP) is 2.86. The highest BCUT2D eigenvalue weighted by Crippen LogP contribution is 2.20. The minimum atomic E-state index is -0.243. The maximum Gasteiger partial charge on any atom is 0.253 e. The van der Waals surface area contributed by atoms with Crippen molar-refractivity contribution < 1.29 is 9.18 Å².